The number of nitrogens with zero attached hydrogens (tertiary/aromatic N) is 2. The van der Waals surface area contributed by atoms with Gasteiger partial charge in [-0.05, 0) is 31.4 Å². The van der Waals surface area contributed by atoms with Crippen molar-refractivity contribution in [3.8, 4) is 6.07 Å². The first-order chi connectivity index (χ1) is 8.88. The van der Waals surface area contributed by atoms with Crippen LogP contribution in [0.1, 0.15) is 30.4 Å². The van der Waals surface area contributed by atoms with Crippen molar-refractivity contribution in [2.24, 2.45) is 0 Å². The van der Waals surface area contributed by atoms with E-state index in [4.69, 9.17) is 0 Å². The largest absolute Gasteiger partial charge is 0.331 e. The number of hydrogen-bond donors (Lipinski definition) is 1. The Morgan fingerprint density at radius 1 is 1.22 bits per heavy atom. The van der Waals surface area contributed by atoms with Gasteiger partial charge in [-0.25, -0.2) is 0 Å². The third-order valence-corrected chi connectivity index (χ3v) is 3.88. The number of quaternary nitrogens is 1. The Balaban J connectivity index is 1.93. The van der Waals surface area contributed by atoms with Gasteiger partial charge >= 0.3 is 0 Å². The molecule has 0 aliphatic carbocycles. The molecule has 0 bridgehead atoms. The number of rotatable bonds is 2. The highest BCUT2D eigenvalue weighted by Crippen LogP contribution is 2.17. The van der Waals surface area contributed by atoms with Gasteiger partial charge in [0.2, 0.25) is 0 Å². The molecule has 1 saturated heterocycles. The van der Waals surface area contributed by atoms with Gasteiger partial charge in [-0.1, -0.05) is 6.07 Å². The van der Waals surface area contributed by atoms with Gasteiger partial charge in [0.15, 0.2) is 0 Å². The predicted octanol–water partition coefficient (Wildman–Crippen LogP) is 1.38. The zero-order valence-electron chi connectivity index (χ0n) is 10.5. The molecule has 0 atom stereocenters. The Bertz CT molecular complexity index is 585. The standard InChI is InChI=1S/C15H17N3/c16-10-14-13(11-17-7-3-1-4-8-17)12-18-9-5-2-6-15(14)18/h2,5-6,9,12H,1,3-4,7-8,11H2/p+1. The second kappa shape index (κ2) is 4.83. The van der Waals surface area contributed by atoms with Gasteiger partial charge in [0.25, 0.3) is 0 Å². The monoisotopic (exact) mass is 240 g/mol. The quantitative estimate of drug-likeness (QED) is 0.845. The summed E-state index contributed by atoms with van der Waals surface area (Å²) >= 11 is 0. The van der Waals surface area contributed by atoms with Gasteiger partial charge in [-0.15, -0.1) is 0 Å². The van der Waals surface area contributed by atoms with E-state index in [1.54, 1.807) is 4.90 Å². The number of pyridine rings is 1. The summed E-state index contributed by atoms with van der Waals surface area (Å²) in [6, 6.07) is 8.39. The first kappa shape index (κ1) is 11.3. The molecule has 0 saturated carbocycles. The minimum Gasteiger partial charge on any atom is -0.331 e. The number of nitriles is 1. The smallest absolute Gasteiger partial charge is 0.106 e. The molecule has 0 spiro atoms. The van der Waals surface area contributed by atoms with Crippen LogP contribution >= 0.6 is 0 Å². The van der Waals surface area contributed by atoms with Crippen molar-refractivity contribution in [1.82, 2.24) is 4.40 Å². The van der Waals surface area contributed by atoms with Crippen LogP contribution in [0, 0.1) is 11.3 Å². The van der Waals surface area contributed by atoms with Crippen LogP contribution in [0.15, 0.2) is 30.6 Å². The summed E-state index contributed by atoms with van der Waals surface area (Å²) in [6.07, 6.45) is 8.15. The number of aromatic nitrogens is 1. The lowest BCUT2D eigenvalue weighted by Gasteiger charge is -2.23. The van der Waals surface area contributed by atoms with Crippen LogP contribution in [0.25, 0.3) is 5.52 Å². The van der Waals surface area contributed by atoms with Crippen molar-refractivity contribution in [2.45, 2.75) is 25.8 Å². The highest BCUT2D eigenvalue weighted by atomic mass is 15.1. The van der Waals surface area contributed by atoms with Crippen LogP contribution in [-0.2, 0) is 6.54 Å². The van der Waals surface area contributed by atoms with Crippen molar-refractivity contribution in [3.63, 3.8) is 0 Å². The van der Waals surface area contributed by atoms with Crippen LogP contribution in [0.2, 0.25) is 0 Å². The Kier molecular flexibility index (Phi) is 3.04. The van der Waals surface area contributed by atoms with Crippen LogP contribution in [-0.4, -0.2) is 17.5 Å². The molecule has 1 aliphatic rings. The van der Waals surface area contributed by atoms with Crippen molar-refractivity contribution in [2.75, 3.05) is 13.1 Å². The van der Waals surface area contributed by atoms with Crippen LogP contribution in [0.5, 0.6) is 0 Å². The van der Waals surface area contributed by atoms with E-state index < -0.39 is 0 Å². The van der Waals surface area contributed by atoms with Gasteiger partial charge in [0, 0.05) is 18.0 Å². The fourth-order valence-electron chi connectivity index (χ4n) is 2.94. The molecule has 18 heavy (non-hydrogen) atoms. The summed E-state index contributed by atoms with van der Waals surface area (Å²) in [4.78, 5) is 1.62. The molecule has 1 N–H and O–H groups in total. The molecule has 1 fully saturated rings. The SMILES string of the molecule is N#Cc1c(C[NH+]2CCCCC2)cn2ccccc12. The molecule has 0 aromatic carbocycles. The fraction of sp³-hybridized carbons (Fsp3) is 0.400. The molecule has 2 aromatic heterocycles. The Morgan fingerprint density at radius 2 is 2.06 bits per heavy atom. The summed E-state index contributed by atoms with van der Waals surface area (Å²) in [7, 11) is 0. The number of nitrogens with one attached hydrogen (secondary N) is 1. The average molecular weight is 240 g/mol. The number of likely N-dealkylation sites (tertiary alicyclic amines) is 1. The fourth-order valence-corrected chi connectivity index (χ4v) is 2.94. The summed E-state index contributed by atoms with van der Waals surface area (Å²) in [5.41, 5.74) is 3.08. The van der Waals surface area contributed by atoms with E-state index in [1.165, 1.54) is 37.9 Å². The van der Waals surface area contributed by atoms with Crippen LogP contribution in [0.4, 0.5) is 0 Å². The minimum absolute atomic E-state index is 0.855. The zero-order valence-corrected chi connectivity index (χ0v) is 10.5. The molecule has 2 aromatic rings. The summed E-state index contributed by atoms with van der Waals surface area (Å²) in [6.45, 7) is 3.48. The van der Waals surface area contributed by atoms with E-state index in [-0.39, 0.29) is 0 Å². The molecule has 1 aliphatic heterocycles. The third-order valence-electron chi connectivity index (χ3n) is 3.88. The van der Waals surface area contributed by atoms with Gasteiger partial charge < -0.3 is 9.30 Å². The topological polar surface area (TPSA) is 32.6 Å². The highest BCUT2D eigenvalue weighted by Gasteiger charge is 2.18. The number of piperidine rings is 1. The van der Waals surface area contributed by atoms with E-state index in [1.807, 2.05) is 24.4 Å². The van der Waals surface area contributed by atoms with Crippen LogP contribution in [0.3, 0.4) is 0 Å². The molecule has 92 valence electrons. The molecular formula is C15H18N3+. The molecule has 3 heteroatoms. The molecule has 0 radical (unpaired) electrons. The molecule has 3 heterocycles. The van der Waals surface area contributed by atoms with Gasteiger partial charge in [0.05, 0.1) is 24.2 Å². The van der Waals surface area contributed by atoms with E-state index in [0.29, 0.717) is 0 Å². The normalized spacial score (nSPS) is 16.8. The van der Waals surface area contributed by atoms with E-state index in [9.17, 15) is 5.26 Å². The molecule has 3 nitrogen and oxygen atoms in total. The van der Waals surface area contributed by atoms with Gasteiger partial charge in [-0.3, -0.25) is 0 Å². The lowest BCUT2D eigenvalue weighted by Crippen LogP contribution is -3.11. The maximum absolute atomic E-state index is 9.36. The van der Waals surface area contributed by atoms with E-state index in [2.05, 4.69) is 16.7 Å². The zero-order chi connectivity index (χ0) is 12.4. The third kappa shape index (κ3) is 2.00. The van der Waals surface area contributed by atoms with Gasteiger partial charge in [-0.2, -0.15) is 5.26 Å². The van der Waals surface area contributed by atoms with Crippen molar-refractivity contribution >= 4 is 5.52 Å². The predicted molar refractivity (Wildman–Crippen MR) is 70.4 cm³/mol. The second-order valence-electron chi connectivity index (χ2n) is 5.12. The van der Waals surface area contributed by atoms with E-state index >= 15 is 0 Å². The second-order valence-corrected chi connectivity index (χ2v) is 5.12. The highest BCUT2D eigenvalue weighted by molar-refractivity contribution is 5.64. The first-order valence-corrected chi connectivity index (χ1v) is 6.71. The van der Waals surface area contributed by atoms with Crippen LogP contribution < -0.4 is 4.90 Å². The average Bonchev–Trinajstić information content (AvgIpc) is 2.77. The maximum atomic E-state index is 9.36. The molecular weight excluding hydrogens is 222 g/mol. The first-order valence-electron chi connectivity index (χ1n) is 6.71. The Labute approximate surface area is 107 Å². The lowest BCUT2D eigenvalue weighted by atomic mass is 10.1. The molecule has 0 unspecified atom stereocenters. The number of hydrogen-bond acceptors (Lipinski definition) is 1. The van der Waals surface area contributed by atoms with E-state index in [0.717, 1.165) is 17.6 Å². The Morgan fingerprint density at radius 3 is 2.83 bits per heavy atom. The molecule has 0 amide bonds. The van der Waals surface area contributed by atoms with Gasteiger partial charge in [0.1, 0.15) is 12.6 Å². The van der Waals surface area contributed by atoms with Crippen molar-refractivity contribution in [3.05, 3.63) is 41.7 Å². The summed E-state index contributed by atoms with van der Waals surface area (Å²) in [5, 5.41) is 9.36. The number of fused-ring (bicyclic) bond motifs is 1. The Hall–Kier alpha value is -1.79. The van der Waals surface area contributed by atoms with Crippen molar-refractivity contribution < 1.29 is 4.90 Å². The minimum atomic E-state index is 0.855. The van der Waals surface area contributed by atoms with Crippen molar-refractivity contribution in [1.29, 1.82) is 5.26 Å². The maximum Gasteiger partial charge on any atom is 0.106 e. The lowest BCUT2D eigenvalue weighted by molar-refractivity contribution is -0.918. The molecule has 3 rings (SSSR count). The summed E-state index contributed by atoms with van der Waals surface area (Å²) < 4.78 is 2.07. The summed E-state index contributed by atoms with van der Waals surface area (Å²) in [5.74, 6) is 0.